The molecule has 0 bridgehead atoms. The van der Waals surface area contributed by atoms with E-state index in [1.165, 1.54) is 13.8 Å². The molecule has 0 aliphatic carbocycles. The smallest absolute Gasteiger partial charge is 0.351 e. The second-order valence-corrected chi connectivity index (χ2v) is 7.81. The van der Waals surface area contributed by atoms with Crippen molar-refractivity contribution >= 4 is 45.5 Å². The molecule has 0 spiro atoms. The zero-order valence-electron chi connectivity index (χ0n) is 16.1. The number of carbonyl (C=O) groups excluding carboxylic acids is 2. The molecule has 3 heterocycles. The van der Waals surface area contributed by atoms with Crippen LogP contribution in [-0.4, -0.2) is 28.6 Å². The summed E-state index contributed by atoms with van der Waals surface area (Å²) in [5.41, 5.74) is 5.66. The molecule has 2 N–H and O–H groups in total. The highest BCUT2D eigenvalue weighted by Crippen LogP contribution is 2.29. The summed E-state index contributed by atoms with van der Waals surface area (Å²) in [7, 11) is 0. The molecule has 1 aromatic heterocycles. The highest BCUT2D eigenvalue weighted by Gasteiger charge is 2.42. The second kappa shape index (κ2) is 7.34. The molecule has 4 rings (SSSR count). The van der Waals surface area contributed by atoms with Gasteiger partial charge >= 0.3 is 17.6 Å². The third-order valence-corrected chi connectivity index (χ3v) is 5.00. The van der Waals surface area contributed by atoms with Crippen LogP contribution in [0.2, 0.25) is 0 Å². The summed E-state index contributed by atoms with van der Waals surface area (Å²) >= 11 is 0.966. The van der Waals surface area contributed by atoms with Crippen LogP contribution in [0.3, 0.4) is 0 Å². The normalized spacial score (nSPS) is 20.1. The Balaban J connectivity index is 1.58. The number of hydrazine groups is 1. The van der Waals surface area contributed by atoms with Crippen LogP contribution >= 0.6 is 11.8 Å². The molecule has 30 heavy (non-hydrogen) atoms. The van der Waals surface area contributed by atoms with Crippen molar-refractivity contribution in [2.75, 3.05) is 0 Å². The summed E-state index contributed by atoms with van der Waals surface area (Å²) in [5.74, 6) is -2.93. The molecule has 0 atom stereocenters. The van der Waals surface area contributed by atoms with Gasteiger partial charge in [0.05, 0.1) is 11.3 Å². The summed E-state index contributed by atoms with van der Waals surface area (Å²) < 4.78 is 15.4. The molecular weight excluding hydrogens is 412 g/mol. The summed E-state index contributed by atoms with van der Waals surface area (Å²) in [6.07, 6.45) is 0. The number of carbonyl (C=O) groups is 2. The van der Waals surface area contributed by atoms with E-state index in [1.807, 2.05) is 12.1 Å². The highest BCUT2D eigenvalue weighted by molar-refractivity contribution is 8.17. The first-order valence-electron chi connectivity index (χ1n) is 8.80. The van der Waals surface area contributed by atoms with E-state index in [2.05, 4.69) is 21.1 Å². The number of para-hydroxylation sites is 1. The molecule has 10 nitrogen and oxygen atoms in total. The van der Waals surface area contributed by atoms with Crippen molar-refractivity contribution in [3.63, 3.8) is 0 Å². The molecule has 1 aromatic carbocycles. The van der Waals surface area contributed by atoms with Crippen molar-refractivity contribution in [2.24, 2.45) is 10.2 Å². The zero-order chi connectivity index (χ0) is 21.5. The molecule has 0 unspecified atom stereocenters. The first-order valence-corrected chi connectivity index (χ1v) is 9.61. The molecule has 2 saturated heterocycles. The zero-order valence-corrected chi connectivity index (χ0v) is 17.0. The fraction of sp³-hybridized carbons (Fsp3) is 0.211. The Labute approximate surface area is 174 Å². The third kappa shape index (κ3) is 3.79. The Morgan fingerprint density at radius 1 is 1.07 bits per heavy atom. The van der Waals surface area contributed by atoms with Crippen LogP contribution in [0.25, 0.3) is 11.0 Å². The van der Waals surface area contributed by atoms with E-state index in [9.17, 15) is 14.4 Å². The van der Waals surface area contributed by atoms with Crippen molar-refractivity contribution < 1.29 is 23.5 Å². The first-order chi connectivity index (χ1) is 14.2. The monoisotopic (exact) mass is 428 g/mol. The minimum absolute atomic E-state index is 0.178. The molecule has 154 valence electrons. The number of nitrogens with zero attached hydrogens (tertiary/aromatic N) is 2. The van der Waals surface area contributed by atoms with Gasteiger partial charge in [0.25, 0.3) is 5.79 Å². The van der Waals surface area contributed by atoms with Gasteiger partial charge in [-0.2, -0.15) is 5.10 Å². The van der Waals surface area contributed by atoms with Crippen molar-refractivity contribution in [3.05, 3.63) is 56.9 Å². The van der Waals surface area contributed by atoms with Gasteiger partial charge < -0.3 is 13.9 Å². The van der Waals surface area contributed by atoms with E-state index in [4.69, 9.17) is 13.9 Å². The number of benzene rings is 1. The van der Waals surface area contributed by atoms with Crippen LogP contribution in [0.1, 0.15) is 26.3 Å². The number of amidine groups is 1. The van der Waals surface area contributed by atoms with Crippen molar-refractivity contribution in [2.45, 2.75) is 26.6 Å². The Kier molecular flexibility index (Phi) is 4.82. The van der Waals surface area contributed by atoms with E-state index < -0.39 is 23.4 Å². The Bertz CT molecular complexity index is 1210. The van der Waals surface area contributed by atoms with E-state index >= 15 is 0 Å². The highest BCUT2D eigenvalue weighted by atomic mass is 32.2. The van der Waals surface area contributed by atoms with Gasteiger partial charge in [0, 0.05) is 19.2 Å². The fourth-order valence-corrected chi connectivity index (χ4v) is 3.49. The van der Waals surface area contributed by atoms with Gasteiger partial charge in [-0.05, 0) is 30.8 Å². The third-order valence-electron chi connectivity index (χ3n) is 4.12. The van der Waals surface area contributed by atoms with Crippen LogP contribution in [-0.2, 0) is 19.1 Å². The quantitative estimate of drug-likeness (QED) is 0.183. The number of nitrogens with one attached hydrogen (secondary N) is 2. The van der Waals surface area contributed by atoms with Gasteiger partial charge in [-0.3, -0.25) is 10.9 Å². The van der Waals surface area contributed by atoms with Gasteiger partial charge in [0.1, 0.15) is 10.6 Å². The maximum atomic E-state index is 12.2. The summed E-state index contributed by atoms with van der Waals surface area (Å²) in [6.45, 7) is 4.55. The number of thioether (sulfide) groups is 1. The molecular formula is C19H16N4O6S. The second-order valence-electron chi connectivity index (χ2n) is 6.81. The van der Waals surface area contributed by atoms with Gasteiger partial charge in [0.2, 0.25) is 5.17 Å². The maximum Gasteiger partial charge on any atom is 0.351 e. The fourth-order valence-electron chi connectivity index (χ4n) is 2.74. The van der Waals surface area contributed by atoms with Crippen LogP contribution in [0.15, 0.2) is 60.3 Å². The summed E-state index contributed by atoms with van der Waals surface area (Å²) in [4.78, 5) is 36.5. The van der Waals surface area contributed by atoms with Crippen molar-refractivity contribution in [3.8, 4) is 0 Å². The topological polar surface area (TPSA) is 132 Å². The van der Waals surface area contributed by atoms with Crippen LogP contribution in [0.5, 0.6) is 0 Å². The Hall–Kier alpha value is -3.60. The van der Waals surface area contributed by atoms with E-state index in [0.29, 0.717) is 11.3 Å². The SMILES string of the molecule is C/C(=N\N=C1\NNC(=C2C(=O)OC(C)(C)OC2=O)S1)c1cc2ccccc2oc1=O. The van der Waals surface area contributed by atoms with Crippen LogP contribution < -0.4 is 16.5 Å². The van der Waals surface area contributed by atoms with Gasteiger partial charge in [0.15, 0.2) is 5.57 Å². The molecule has 2 aromatic rings. The molecule has 0 radical (unpaired) electrons. The predicted molar refractivity (Wildman–Crippen MR) is 109 cm³/mol. The molecule has 11 heteroatoms. The standard InChI is InChI=1S/C19H16N4O6S/c1-9(11-8-10-6-4-5-7-12(10)27-15(11)24)20-22-18-23-21-14(30-18)13-16(25)28-19(2,3)29-17(13)26/h4-8,21H,1-3H3,(H,22,23)/b20-9+. The predicted octanol–water partition coefficient (Wildman–Crippen LogP) is 1.76. The van der Waals surface area contributed by atoms with Gasteiger partial charge in [-0.1, -0.05) is 18.2 Å². The maximum absolute atomic E-state index is 12.2. The lowest BCUT2D eigenvalue weighted by molar-refractivity contribution is -0.222. The van der Waals surface area contributed by atoms with Gasteiger partial charge in [-0.15, -0.1) is 5.10 Å². The molecule has 2 aliphatic rings. The van der Waals surface area contributed by atoms with Crippen molar-refractivity contribution in [1.82, 2.24) is 10.9 Å². The number of rotatable bonds is 2. The number of fused-ring (bicyclic) bond motifs is 1. The molecule has 2 fully saturated rings. The van der Waals surface area contributed by atoms with Gasteiger partial charge in [-0.25, -0.2) is 14.4 Å². The molecule has 0 saturated carbocycles. The number of hydrogen-bond acceptors (Lipinski definition) is 10. The summed E-state index contributed by atoms with van der Waals surface area (Å²) in [6, 6.07) is 8.81. The van der Waals surface area contributed by atoms with E-state index in [-0.39, 0.29) is 21.3 Å². The van der Waals surface area contributed by atoms with Crippen LogP contribution in [0.4, 0.5) is 0 Å². The average Bonchev–Trinajstić information content (AvgIpc) is 3.12. The number of hydrogen-bond donors (Lipinski definition) is 2. The lowest BCUT2D eigenvalue weighted by atomic mass is 10.1. The average molecular weight is 428 g/mol. The van der Waals surface area contributed by atoms with Crippen molar-refractivity contribution in [1.29, 1.82) is 0 Å². The minimum atomic E-state index is -1.33. The number of cyclic esters (lactones) is 2. The minimum Gasteiger partial charge on any atom is -0.422 e. The molecule has 2 aliphatic heterocycles. The number of esters is 2. The first kappa shape index (κ1) is 19.7. The Morgan fingerprint density at radius 2 is 1.77 bits per heavy atom. The largest absolute Gasteiger partial charge is 0.422 e. The summed E-state index contributed by atoms with van der Waals surface area (Å²) in [5, 5.41) is 9.26. The van der Waals surface area contributed by atoms with E-state index in [1.54, 1.807) is 25.1 Å². The van der Waals surface area contributed by atoms with Crippen LogP contribution in [0, 0.1) is 0 Å². The molecule has 0 amide bonds. The number of ether oxygens (including phenoxy) is 2. The lowest BCUT2D eigenvalue weighted by Crippen LogP contribution is -2.43. The lowest BCUT2D eigenvalue weighted by Gasteiger charge is -2.30. The Morgan fingerprint density at radius 3 is 2.50 bits per heavy atom. The van der Waals surface area contributed by atoms with E-state index in [0.717, 1.165) is 17.1 Å².